The van der Waals surface area contributed by atoms with Crippen molar-refractivity contribution in [2.24, 2.45) is 0 Å². The SMILES string of the molecule is CC(C)(C(=O)O)c1cccc2c1CCC2. The number of carboxylic acid groups (broad SMARTS) is 1. The number of hydrogen-bond acceptors (Lipinski definition) is 1. The van der Waals surface area contributed by atoms with E-state index in [-0.39, 0.29) is 0 Å². The molecule has 2 rings (SSSR count). The zero-order valence-corrected chi connectivity index (χ0v) is 9.21. The Balaban J connectivity index is 2.54. The molecule has 1 aliphatic rings. The molecule has 0 aromatic heterocycles. The zero-order valence-electron chi connectivity index (χ0n) is 9.21. The molecule has 0 heterocycles. The van der Waals surface area contributed by atoms with Gasteiger partial charge in [-0.05, 0) is 49.8 Å². The molecular formula is C13H16O2. The maximum Gasteiger partial charge on any atom is 0.313 e. The second-order valence-electron chi connectivity index (χ2n) is 4.73. The molecule has 0 amide bonds. The van der Waals surface area contributed by atoms with Crippen LogP contribution in [0.4, 0.5) is 0 Å². The number of fused-ring (bicyclic) bond motifs is 1. The molecule has 1 aromatic carbocycles. The Morgan fingerprint density at radius 3 is 2.73 bits per heavy atom. The summed E-state index contributed by atoms with van der Waals surface area (Å²) in [5.41, 5.74) is 2.83. The number of aryl methyl sites for hydroxylation is 1. The van der Waals surface area contributed by atoms with Crippen LogP contribution in [0.1, 0.15) is 37.0 Å². The van der Waals surface area contributed by atoms with Gasteiger partial charge >= 0.3 is 5.97 Å². The first kappa shape index (κ1) is 10.2. The van der Waals surface area contributed by atoms with Crippen molar-refractivity contribution >= 4 is 5.97 Å². The zero-order chi connectivity index (χ0) is 11.1. The maximum atomic E-state index is 11.2. The Bertz CT molecular complexity index is 405. The minimum atomic E-state index is -0.768. The molecule has 1 aromatic rings. The van der Waals surface area contributed by atoms with Crippen LogP contribution in [0, 0.1) is 0 Å². The summed E-state index contributed by atoms with van der Waals surface area (Å²) in [7, 11) is 0. The van der Waals surface area contributed by atoms with Gasteiger partial charge in [-0.3, -0.25) is 4.79 Å². The minimum absolute atomic E-state index is 0.747. The van der Waals surface area contributed by atoms with E-state index in [4.69, 9.17) is 0 Å². The highest BCUT2D eigenvalue weighted by Gasteiger charge is 2.33. The topological polar surface area (TPSA) is 37.3 Å². The molecular weight excluding hydrogens is 188 g/mol. The van der Waals surface area contributed by atoms with Crippen LogP contribution in [0.25, 0.3) is 0 Å². The highest BCUT2D eigenvalue weighted by molar-refractivity contribution is 5.81. The first-order valence-electron chi connectivity index (χ1n) is 5.38. The van der Waals surface area contributed by atoms with Crippen LogP contribution in [0.15, 0.2) is 18.2 Å². The summed E-state index contributed by atoms with van der Waals surface area (Å²) in [6, 6.07) is 6.05. The van der Waals surface area contributed by atoms with E-state index >= 15 is 0 Å². The Morgan fingerprint density at radius 1 is 1.33 bits per heavy atom. The van der Waals surface area contributed by atoms with E-state index in [1.54, 1.807) is 13.8 Å². The molecule has 80 valence electrons. The number of hydrogen-bond donors (Lipinski definition) is 1. The van der Waals surface area contributed by atoms with E-state index in [9.17, 15) is 9.90 Å². The fraction of sp³-hybridized carbons (Fsp3) is 0.462. The standard InChI is InChI=1S/C13H16O2/c1-13(2,12(14)15)11-8-4-6-9-5-3-7-10(9)11/h4,6,8H,3,5,7H2,1-2H3,(H,14,15). The number of aliphatic carboxylic acids is 1. The molecule has 0 unspecified atom stereocenters. The number of carboxylic acids is 1. The van der Waals surface area contributed by atoms with E-state index < -0.39 is 11.4 Å². The Hall–Kier alpha value is -1.31. The van der Waals surface area contributed by atoms with Gasteiger partial charge in [0.25, 0.3) is 0 Å². The van der Waals surface area contributed by atoms with E-state index in [2.05, 4.69) is 6.07 Å². The molecule has 1 N–H and O–H groups in total. The van der Waals surface area contributed by atoms with Crippen molar-refractivity contribution in [2.75, 3.05) is 0 Å². The van der Waals surface area contributed by atoms with Crippen molar-refractivity contribution in [1.82, 2.24) is 0 Å². The van der Waals surface area contributed by atoms with Gasteiger partial charge in [-0.1, -0.05) is 18.2 Å². The molecule has 0 fully saturated rings. The average Bonchev–Trinajstić information content (AvgIpc) is 2.64. The third-order valence-corrected chi connectivity index (χ3v) is 3.35. The van der Waals surface area contributed by atoms with Gasteiger partial charge in [-0.2, -0.15) is 0 Å². The molecule has 1 aliphatic carbocycles. The largest absolute Gasteiger partial charge is 0.481 e. The predicted molar refractivity (Wildman–Crippen MR) is 59.1 cm³/mol. The molecule has 0 aliphatic heterocycles. The third kappa shape index (κ3) is 1.54. The van der Waals surface area contributed by atoms with Crippen molar-refractivity contribution in [2.45, 2.75) is 38.5 Å². The Kier molecular flexibility index (Phi) is 2.29. The minimum Gasteiger partial charge on any atom is -0.481 e. The predicted octanol–water partition coefficient (Wildman–Crippen LogP) is 2.54. The summed E-state index contributed by atoms with van der Waals surface area (Å²) in [5.74, 6) is -0.747. The lowest BCUT2D eigenvalue weighted by Crippen LogP contribution is -2.29. The molecule has 0 saturated heterocycles. The first-order valence-corrected chi connectivity index (χ1v) is 5.38. The Morgan fingerprint density at radius 2 is 2.07 bits per heavy atom. The lowest BCUT2D eigenvalue weighted by molar-refractivity contribution is -0.142. The van der Waals surface area contributed by atoms with E-state index in [0.29, 0.717) is 0 Å². The van der Waals surface area contributed by atoms with Crippen molar-refractivity contribution in [3.63, 3.8) is 0 Å². The quantitative estimate of drug-likeness (QED) is 0.803. The van der Waals surface area contributed by atoms with Crippen LogP contribution in [0.3, 0.4) is 0 Å². The summed E-state index contributed by atoms with van der Waals surface area (Å²) in [5, 5.41) is 9.23. The van der Waals surface area contributed by atoms with Gasteiger partial charge in [0.1, 0.15) is 0 Å². The third-order valence-electron chi connectivity index (χ3n) is 3.35. The molecule has 2 nitrogen and oxygen atoms in total. The van der Waals surface area contributed by atoms with Gasteiger partial charge in [-0.15, -0.1) is 0 Å². The summed E-state index contributed by atoms with van der Waals surface area (Å²) in [6.07, 6.45) is 3.28. The second kappa shape index (κ2) is 3.37. The lowest BCUT2D eigenvalue weighted by atomic mass is 9.81. The van der Waals surface area contributed by atoms with E-state index in [1.165, 1.54) is 11.1 Å². The number of rotatable bonds is 2. The van der Waals surface area contributed by atoms with E-state index in [0.717, 1.165) is 24.8 Å². The first-order chi connectivity index (χ1) is 7.03. The van der Waals surface area contributed by atoms with Crippen molar-refractivity contribution in [3.05, 3.63) is 34.9 Å². The fourth-order valence-electron chi connectivity index (χ4n) is 2.32. The van der Waals surface area contributed by atoms with Crippen LogP contribution in [-0.4, -0.2) is 11.1 Å². The van der Waals surface area contributed by atoms with Gasteiger partial charge in [0.2, 0.25) is 0 Å². The molecule has 0 spiro atoms. The van der Waals surface area contributed by atoms with Gasteiger partial charge in [0.05, 0.1) is 5.41 Å². The van der Waals surface area contributed by atoms with E-state index in [1.807, 2.05) is 12.1 Å². The molecule has 0 saturated carbocycles. The average molecular weight is 204 g/mol. The fourth-order valence-corrected chi connectivity index (χ4v) is 2.32. The van der Waals surface area contributed by atoms with Gasteiger partial charge in [0.15, 0.2) is 0 Å². The summed E-state index contributed by atoms with van der Waals surface area (Å²) >= 11 is 0. The summed E-state index contributed by atoms with van der Waals surface area (Å²) in [4.78, 5) is 11.2. The Labute approximate surface area is 89.9 Å². The summed E-state index contributed by atoms with van der Waals surface area (Å²) in [6.45, 7) is 3.56. The lowest BCUT2D eigenvalue weighted by Gasteiger charge is -2.22. The van der Waals surface area contributed by atoms with Gasteiger partial charge in [0, 0.05) is 0 Å². The van der Waals surface area contributed by atoms with Crippen molar-refractivity contribution in [1.29, 1.82) is 0 Å². The highest BCUT2D eigenvalue weighted by Crippen LogP contribution is 2.33. The van der Waals surface area contributed by atoms with Crippen LogP contribution >= 0.6 is 0 Å². The van der Waals surface area contributed by atoms with Gasteiger partial charge in [-0.25, -0.2) is 0 Å². The maximum absolute atomic E-state index is 11.2. The summed E-state index contributed by atoms with van der Waals surface area (Å²) < 4.78 is 0. The normalized spacial score (nSPS) is 15.1. The van der Waals surface area contributed by atoms with Crippen LogP contribution in [0.5, 0.6) is 0 Å². The smallest absolute Gasteiger partial charge is 0.313 e. The molecule has 15 heavy (non-hydrogen) atoms. The number of benzene rings is 1. The van der Waals surface area contributed by atoms with Crippen molar-refractivity contribution in [3.8, 4) is 0 Å². The molecule has 0 radical (unpaired) electrons. The highest BCUT2D eigenvalue weighted by atomic mass is 16.4. The number of carbonyl (C=O) groups is 1. The monoisotopic (exact) mass is 204 g/mol. The molecule has 2 heteroatoms. The van der Waals surface area contributed by atoms with Crippen LogP contribution in [-0.2, 0) is 23.1 Å². The molecule has 0 bridgehead atoms. The molecule has 0 atom stereocenters. The van der Waals surface area contributed by atoms with Crippen LogP contribution in [0.2, 0.25) is 0 Å². The van der Waals surface area contributed by atoms with Crippen LogP contribution < -0.4 is 0 Å². The van der Waals surface area contributed by atoms with Gasteiger partial charge < -0.3 is 5.11 Å². The van der Waals surface area contributed by atoms with Crippen molar-refractivity contribution < 1.29 is 9.90 Å². The second-order valence-corrected chi connectivity index (χ2v) is 4.73.